The minimum Gasteiger partial charge on any atom is -0.457 e. The van der Waals surface area contributed by atoms with Crippen molar-refractivity contribution in [2.45, 2.75) is 40.1 Å². The topological polar surface area (TPSA) is 78.9 Å². The fourth-order valence-corrected chi connectivity index (χ4v) is 0.815. The molecule has 0 N–H and O–H groups in total. The molecule has 0 saturated carbocycles. The van der Waals surface area contributed by atoms with Crippen molar-refractivity contribution in [1.29, 1.82) is 0 Å². The summed E-state index contributed by atoms with van der Waals surface area (Å²) >= 11 is 4.96. The predicted molar refractivity (Wildman–Crippen MR) is 58.3 cm³/mol. The molecule has 0 saturated heterocycles. The lowest BCUT2D eigenvalue weighted by atomic mass is 10.2. The van der Waals surface area contributed by atoms with Gasteiger partial charge in [-0.2, -0.15) is 0 Å². The van der Waals surface area contributed by atoms with Gasteiger partial charge in [0.2, 0.25) is 0 Å². The van der Waals surface area contributed by atoms with Crippen LogP contribution in [0, 0.1) is 5.92 Å². The molecule has 7 heteroatoms. The summed E-state index contributed by atoms with van der Waals surface area (Å²) in [6.07, 6.45) is -2.20. The highest BCUT2D eigenvalue weighted by molar-refractivity contribution is 6.61. The molecule has 0 radical (unpaired) electrons. The summed E-state index contributed by atoms with van der Waals surface area (Å²) in [6, 6.07) is 0. The molecule has 1 atom stereocenters. The monoisotopic (exact) mass is 266 g/mol. The molecule has 0 aromatic carbocycles. The first-order chi connectivity index (χ1) is 7.73. The van der Waals surface area contributed by atoms with Crippen LogP contribution in [0.2, 0.25) is 0 Å². The van der Waals surface area contributed by atoms with Crippen molar-refractivity contribution in [2.24, 2.45) is 5.92 Å². The molecule has 0 aliphatic rings. The van der Waals surface area contributed by atoms with Crippen molar-refractivity contribution in [1.82, 2.24) is 0 Å². The third-order valence-electron chi connectivity index (χ3n) is 1.44. The third kappa shape index (κ3) is 6.78. The zero-order valence-corrected chi connectivity index (χ0v) is 10.8. The Morgan fingerprint density at radius 1 is 0.882 bits per heavy atom. The van der Waals surface area contributed by atoms with E-state index in [9.17, 15) is 14.4 Å². The predicted octanol–water partition coefficient (Wildman–Crippen LogP) is 1.84. The Morgan fingerprint density at radius 2 is 1.41 bits per heavy atom. The summed E-state index contributed by atoms with van der Waals surface area (Å²) < 4.78 is 13.7. The molecule has 0 heterocycles. The lowest BCUT2D eigenvalue weighted by Gasteiger charge is -2.17. The van der Waals surface area contributed by atoms with E-state index >= 15 is 0 Å². The van der Waals surface area contributed by atoms with Crippen molar-refractivity contribution in [3.8, 4) is 0 Å². The Bertz CT molecular complexity index is 299. The van der Waals surface area contributed by atoms with Gasteiger partial charge < -0.3 is 14.2 Å². The molecular weight excluding hydrogens is 252 g/mol. The fourth-order valence-electron chi connectivity index (χ4n) is 0.734. The molecular formula is C10H15ClO6. The first kappa shape index (κ1) is 15.7. The van der Waals surface area contributed by atoms with E-state index in [0.29, 0.717) is 0 Å². The second kappa shape index (κ2) is 7.11. The van der Waals surface area contributed by atoms with Gasteiger partial charge in [-0.3, -0.25) is 4.79 Å². The van der Waals surface area contributed by atoms with Crippen LogP contribution in [-0.2, 0) is 23.8 Å². The molecule has 0 bridgehead atoms. The van der Waals surface area contributed by atoms with Crippen LogP contribution in [0.4, 0.5) is 4.79 Å². The van der Waals surface area contributed by atoms with Gasteiger partial charge in [0.25, 0.3) is 0 Å². The van der Waals surface area contributed by atoms with Crippen molar-refractivity contribution in [2.75, 3.05) is 0 Å². The van der Waals surface area contributed by atoms with Crippen LogP contribution in [0.15, 0.2) is 0 Å². The lowest BCUT2D eigenvalue weighted by molar-refractivity contribution is -0.194. The van der Waals surface area contributed by atoms with E-state index in [2.05, 4.69) is 9.47 Å². The quantitative estimate of drug-likeness (QED) is 0.429. The van der Waals surface area contributed by atoms with Crippen molar-refractivity contribution in [3.05, 3.63) is 0 Å². The highest BCUT2D eigenvalue weighted by atomic mass is 35.5. The summed E-state index contributed by atoms with van der Waals surface area (Å²) in [6.45, 7) is 6.33. The number of ether oxygens (including phenoxy) is 3. The van der Waals surface area contributed by atoms with Gasteiger partial charge in [-0.15, -0.1) is 0 Å². The van der Waals surface area contributed by atoms with Crippen molar-refractivity contribution >= 4 is 29.0 Å². The average Bonchev–Trinajstić information content (AvgIpc) is 2.14. The SMILES string of the molecule is CC(C)OC(=O)C(OC(=O)Cl)OC(=O)C(C)C. The number of carbonyl (C=O) groups is 3. The maximum absolute atomic E-state index is 11.4. The smallest absolute Gasteiger partial charge is 0.407 e. The number of rotatable bonds is 5. The Balaban J connectivity index is 4.58. The second-order valence-electron chi connectivity index (χ2n) is 3.76. The average molecular weight is 267 g/mol. The van der Waals surface area contributed by atoms with Crippen LogP contribution in [-0.4, -0.2) is 29.8 Å². The maximum Gasteiger partial charge on any atom is 0.407 e. The molecule has 0 fully saturated rings. The summed E-state index contributed by atoms with van der Waals surface area (Å²) in [7, 11) is 0. The van der Waals surface area contributed by atoms with E-state index in [1.54, 1.807) is 27.7 Å². The summed E-state index contributed by atoms with van der Waals surface area (Å²) in [5.74, 6) is -2.16. The third-order valence-corrected chi connectivity index (χ3v) is 1.53. The minimum atomic E-state index is -1.77. The van der Waals surface area contributed by atoms with Gasteiger partial charge in [0, 0.05) is 11.6 Å². The minimum absolute atomic E-state index is 0.434. The summed E-state index contributed by atoms with van der Waals surface area (Å²) in [5.41, 5.74) is -1.26. The number of hydrogen-bond acceptors (Lipinski definition) is 6. The molecule has 6 nitrogen and oxygen atoms in total. The van der Waals surface area contributed by atoms with E-state index in [4.69, 9.17) is 16.3 Å². The Labute approximate surface area is 104 Å². The first-order valence-electron chi connectivity index (χ1n) is 5.01. The highest BCUT2D eigenvalue weighted by Crippen LogP contribution is 2.07. The first-order valence-corrected chi connectivity index (χ1v) is 5.39. The van der Waals surface area contributed by atoms with Gasteiger partial charge in [0.15, 0.2) is 0 Å². The number of halogens is 1. The van der Waals surface area contributed by atoms with Crippen LogP contribution in [0.1, 0.15) is 27.7 Å². The zero-order chi connectivity index (χ0) is 13.6. The van der Waals surface area contributed by atoms with Crippen LogP contribution in [0.3, 0.4) is 0 Å². The van der Waals surface area contributed by atoms with Crippen LogP contribution in [0.25, 0.3) is 0 Å². The number of carbonyl (C=O) groups excluding carboxylic acids is 3. The zero-order valence-electron chi connectivity index (χ0n) is 10.1. The summed E-state index contributed by atoms with van der Waals surface area (Å²) in [4.78, 5) is 33.2. The fraction of sp³-hybridized carbons (Fsp3) is 0.700. The number of esters is 2. The molecule has 0 aromatic rings. The molecule has 17 heavy (non-hydrogen) atoms. The van der Waals surface area contributed by atoms with Gasteiger partial charge >= 0.3 is 23.7 Å². The largest absolute Gasteiger partial charge is 0.457 e. The Morgan fingerprint density at radius 3 is 1.76 bits per heavy atom. The van der Waals surface area contributed by atoms with Crippen LogP contribution >= 0.6 is 11.6 Å². The van der Waals surface area contributed by atoms with Gasteiger partial charge in [-0.25, -0.2) is 9.59 Å². The van der Waals surface area contributed by atoms with E-state index in [-0.39, 0.29) is 0 Å². The van der Waals surface area contributed by atoms with E-state index in [1.807, 2.05) is 0 Å². The molecule has 1 unspecified atom stereocenters. The number of hydrogen-bond donors (Lipinski definition) is 0. The van der Waals surface area contributed by atoms with E-state index in [0.717, 1.165) is 0 Å². The van der Waals surface area contributed by atoms with Crippen LogP contribution in [0.5, 0.6) is 0 Å². The lowest BCUT2D eigenvalue weighted by Crippen LogP contribution is -2.35. The molecule has 98 valence electrons. The molecule has 0 spiro atoms. The van der Waals surface area contributed by atoms with E-state index in [1.165, 1.54) is 0 Å². The molecule has 0 amide bonds. The van der Waals surface area contributed by atoms with Crippen molar-refractivity contribution < 1.29 is 28.6 Å². The normalized spacial score (nSPS) is 12.2. The van der Waals surface area contributed by atoms with Crippen LogP contribution < -0.4 is 0 Å². The Kier molecular flexibility index (Phi) is 6.57. The maximum atomic E-state index is 11.4. The van der Waals surface area contributed by atoms with Gasteiger partial charge in [-0.1, -0.05) is 13.8 Å². The highest BCUT2D eigenvalue weighted by Gasteiger charge is 2.29. The molecule has 0 rings (SSSR count). The van der Waals surface area contributed by atoms with Gasteiger partial charge in [0.05, 0.1) is 12.0 Å². The van der Waals surface area contributed by atoms with Gasteiger partial charge in [-0.05, 0) is 13.8 Å². The molecule has 0 aliphatic carbocycles. The van der Waals surface area contributed by atoms with E-state index < -0.39 is 35.7 Å². The second-order valence-corrected chi connectivity index (χ2v) is 4.07. The summed E-state index contributed by atoms with van der Waals surface area (Å²) in [5, 5.41) is 0. The molecule has 0 aromatic heterocycles. The van der Waals surface area contributed by atoms with Crippen molar-refractivity contribution in [3.63, 3.8) is 0 Å². The Hall–Kier alpha value is -1.30. The molecule has 0 aliphatic heterocycles. The standard InChI is InChI=1S/C10H15ClO6/c1-5(2)7(12)16-9(17-10(11)14)8(13)15-6(3)4/h5-6,9H,1-4H3. The van der Waals surface area contributed by atoms with Gasteiger partial charge in [0.1, 0.15) is 0 Å².